The van der Waals surface area contributed by atoms with Crippen molar-refractivity contribution in [1.29, 1.82) is 0 Å². The number of fused-ring (bicyclic) bond motifs is 16. The van der Waals surface area contributed by atoms with Crippen LogP contribution in [-0.4, -0.2) is 73.0 Å². The number of thiophene rings is 1. The van der Waals surface area contributed by atoms with Crippen LogP contribution < -0.4 is 26.0 Å². The zero-order chi connectivity index (χ0) is 48.1. The predicted octanol–water partition coefficient (Wildman–Crippen LogP) is 6.86. The molecule has 0 unspecified atom stereocenters. The van der Waals surface area contributed by atoms with Crippen LogP contribution in [0.2, 0.25) is 0 Å². The van der Waals surface area contributed by atoms with Gasteiger partial charge >= 0.3 is 11.9 Å². The first-order valence-electron chi connectivity index (χ1n) is 20.6. The molecule has 4 amide bonds. The van der Waals surface area contributed by atoms with Crippen molar-refractivity contribution in [2.45, 2.75) is 39.8 Å². The number of aliphatic carboxylic acids is 1. The Kier molecular flexibility index (Phi) is 23.3. The molecule has 342 valence electrons. The summed E-state index contributed by atoms with van der Waals surface area (Å²) in [7, 11) is 0. The fourth-order valence-electron chi connectivity index (χ4n) is 5.51. The number of aryl methyl sites for hydroxylation is 3. The number of esters is 1. The third-order valence-corrected chi connectivity index (χ3v) is 9.83. The molecule has 1 aromatic heterocycles. The molecule has 3 heterocycles. The fraction of sp³-hybridized carbons (Fsp3) is 0.192. The Bertz CT molecular complexity index is 2420. The second kappa shape index (κ2) is 29.4. The lowest BCUT2D eigenvalue weighted by molar-refractivity contribution is -0.141. The van der Waals surface area contributed by atoms with E-state index in [1.54, 1.807) is 35.6 Å². The van der Waals surface area contributed by atoms with E-state index < -0.39 is 48.7 Å². The summed E-state index contributed by atoms with van der Waals surface area (Å²) < 4.78 is 10.6. The topological polar surface area (TPSA) is 189 Å². The molecule has 6 aromatic rings. The Labute approximate surface area is 389 Å². The molecule has 2 bridgehead atoms. The van der Waals surface area contributed by atoms with Gasteiger partial charge in [-0.3, -0.25) is 19.2 Å². The monoisotopic (exact) mass is 910 g/mol. The summed E-state index contributed by atoms with van der Waals surface area (Å²) in [6.07, 6.45) is 8.02. The summed E-state index contributed by atoms with van der Waals surface area (Å²) >= 11 is 1.78. The molecule has 5 aromatic carbocycles. The van der Waals surface area contributed by atoms with Crippen molar-refractivity contribution in [3.05, 3.63) is 184 Å². The summed E-state index contributed by atoms with van der Waals surface area (Å²) in [5, 5.41) is 20.6. The zero-order valence-electron chi connectivity index (χ0n) is 37.0. The highest BCUT2D eigenvalue weighted by molar-refractivity contribution is 7.09. The smallest absolute Gasteiger partial charge is 0.338 e. The molecule has 0 saturated carbocycles. The van der Waals surface area contributed by atoms with E-state index in [0.29, 0.717) is 23.5 Å². The SMILES string of the molecule is C#C.Cc1ccc(-c2ccc(C(=O)OCc3ccccc3)cc2)cc1.Cc1ccccc1.Cc1cccs1.O=C1CNC(=O)COc2ccc(cc2)C[C@@H](C(=O)O)NC(=O)CNC(=O)CN1. The standard InChI is InChI=1S/C21H18O2.C17H20N4O7.C7H8.C5H6S.C2H2/c1-16-7-9-18(10-8-16)19-11-13-20(14-12-19)21(22)23-15-17-5-3-2-4-6-17;22-13-6-18-14(23)7-20-16(25)9-28-11-3-1-10(2-4-11)5-12(17(26)27)21-15(24)8-19-13;1-7-5-3-2-4-6-7;1-5-3-2-4-6-5;1-2/h2-14H,15H2,1H3;1-4,12H,5-9H2,(H,18,23)(H,19,22)(H,20,25)(H,21,24)(H,26,27);2-6H,1H3;2-4H,1H3;1-2H/t;12-;;;/m.0.../s1. The molecule has 66 heavy (non-hydrogen) atoms. The molecule has 0 fully saturated rings. The number of carboxylic acid groups (broad SMARTS) is 1. The lowest BCUT2D eigenvalue weighted by atomic mass is 10.0. The lowest BCUT2D eigenvalue weighted by Gasteiger charge is -2.15. The number of rotatable bonds is 5. The van der Waals surface area contributed by atoms with Crippen molar-refractivity contribution < 1.29 is 43.3 Å². The number of terminal acetylenes is 1. The van der Waals surface area contributed by atoms with Gasteiger partial charge in [0.05, 0.1) is 25.2 Å². The molecule has 0 spiro atoms. The number of nitrogens with one attached hydrogen (secondary N) is 4. The van der Waals surface area contributed by atoms with Crippen molar-refractivity contribution in [3.63, 3.8) is 0 Å². The van der Waals surface area contributed by atoms with Crippen LogP contribution in [0.4, 0.5) is 0 Å². The largest absolute Gasteiger partial charge is 0.484 e. The van der Waals surface area contributed by atoms with Crippen molar-refractivity contribution >= 4 is 46.9 Å². The zero-order valence-corrected chi connectivity index (χ0v) is 37.8. The molecule has 13 nitrogen and oxygen atoms in total. The molecular weight excluding hydrogens is 857 g/mol. The Hall–Kier alpha value is -8.02. The van der Waals surface area contributed by atoms with Gasteiger partial charge in [0.15, 0.2) is 6.61 Å². The van der Waals surface area contributed by atoms with E-state index in [1.807, 2.05) is 72.8 Å². The number of carbonyl (C=O) groups excluding carboxylic acids is 5. The molecule has 5 N–H and O–H groups in total. The van der Waals surface area contributed by atoms with Gasteiger partial charge in [-0.05, 0) is 78.7 Å². The van der Waals surface area contributed by atoms with E-state index >= 15 is 0 Å². The first kappa shape index (κ1) is 52.3. The van der Waals surface area contributed by atoms with E-state index in [1.165, 1.54) is 16.0 Å². The second-order valence-electron chi connectivity index (χ2n) is 14.3. The van der Waals surface area contributed by atoms with Crippen LogP contribution in [0.1, 0.15) is 37.5 Å². The second-order valence-corrected chi connectivity index (χ2v) is 15.5. The van der Waals surface area contributed by atoms with Gasteiger partial charge in [-0.15, -0.1) is 24.2 Å². The molecule has 0 aliphatic carbocycles. The summed E-state index contributed by atoms with van der Waals surface area (Å²) in [6, 6.07) is 45.1. The fourth-order valence-corrected chi connectivity index (χ4v) is 6.04. The number of carboxylic acids is 1. The normalized spacial score (nSPS) is 13.7. The predicted molar refractivity (Wildman–Crippen MR) is 257 cm³/mol. The van der Waals surface area contributed by atoms with Crippen molar-refractivity contribution in [2.75, 3.05) is 26.2 Å². The van der Waals surface area contributed by atoms with Gasteiger partial charge in [0.2, 0.25) is 17.7 Å². The van der Waals surface area contributed by atoms with Crippen LogP contribution in [-0.2, 0) is 41.7 Å². The Morgan fingerprint density at radius 2 is 1.15 bits per heavy atom. The highest BCUT2D eigenvalue weighted by Crippen LogP contribution is 2.21. The van der Waals surface area contributed by atoms with Crippen LogP contribution in [0.5, 0.6) is 5.75 Å². The molecule has 2 aliphatic rings. The minimum atomic E-state index is -1.23. The highest BCUT2D eigenvalue weighted by atomic mass is 32.1. The first-order chi connectivity index (χ1) is 31.8. The van der Waals surface area contributed by atoms with Gasteiger partial charge in [0, 0.05) is 11.3 Å². The van der Waals surface area contributed by atoms with Gasteiger partial charge in [-0.2, -0.15) is 0 Å². The molecule has 8 rings (SSSR count). The molecule has 1 atom stereocenters. The first-order valence-corrected chi connectivity index (χ1v) is 21.5. The third kappa shape index (κ3) is 20.9. The van der Waals surface area contributed by atoms with Crippen molar-refractivity contribution in [3.8, 4) is 29.7 Å². The van der Waals surface area contributed by atoms with E-state index in [0.717, 1.165) is 16.7 Å². The summed E-state index contributed by atoms with van der Waals surface area (Å²) in [6.45, 7) is 5.04. The van der Waals surface area contributed by atoms with E-state index in [4.69, 9.17) is 9.47 Å². The van der Waals surface area contributed by atoms with Gasteiger partial charge < -0.3 is 35.8 Å². The lowest BCUT2D eigenvalue weighted by Crippen LogP contribution is -2.48. The molecule has 0 radical (unpaired) electrons. The number of ether oxygens (including phenoxy) is 2. The quantitative estimate of drug-likeness (QED) is 0.0700. The Morgan fingerprint density at radius 3 is 1.64 bits per heavy atom. The minimum Gasteiger partial charge on any atom is -0.484 e. The number of hydrogen-bond donors (Lipinski definition) is 5. The van der Waals surface area contributed by atoms with E-state index in [9.17, 15) is 33.9 Å². The average Bonchev–Trinajstić information content (AvgIpc) is 3.83. The third-order valence-electron chi connectivity index (χ3n) is 9.03. The number of amides is 4. The molecule has 14 heteroatoms. The molecular formula is C52H54N4O9S. The Morgan fingerprint density at radius 1 is 0.636 bits per heavy atom. The van der Waals surface area contributed by atoms with Crippen LogP contribution in [0, 0.1) is 33.6 Å². The number of hydrogen-bond acceptors (Lipinski definition) is 9. The van der Waals surface area contributed by atoms with Crippen LogP contribution in [0.15, 0.2) is 151 Å². The van der Waals surface area contributed by atoms with E-state index in [2.05, 4.69) is 109 Å². The number of carbonyl (C=O) groups is 6. The molecule has 0 saturated heterocycles. The van der Waals surface area contributed by atoms with Crippen LogP contribution >= 0.6 is 11.3 Å². The Balaban J connectivity index is 0.000000268. The minimum absolute atomic E-state index is 0.0197. The van der Waals surface area contributed by atoms with Crippen molar-refractivity contribution in [2.24, 2.45) is 0 Å². The summed E-state index contributed by atoms with van der Waals surface area (Å²) in [5.74, 6) is -3.59. The summed E-state index contributed by atoms with van der Waals surface area (Å²) in [5.41, 5.74) is 6.96. The van der Waals surface area contributed by atoms with Gasteiger partial charge in [-0.25, -0.2) is 9.59 Å². The maximum Gasteiger partial charge on any atom is 0.338 e. The highest BCUT2D eigenvalue weighted by Gasteiger charge is 2.21. The average molecular weight is 911 g/mol. The molecule has 2 aliphatic heterocycles. The van der Waals surface area contributed by atoms with Gasteiger partial charge in [0.1, 0.15) is 18.4 Å². The van der Waals surface area contributed by atoms with Crippen LogP contribution in [0.3, 0.4) is 0 Å². The van der Waals surface area contributed by atoms with Crippen LogP contribution in [0.25, 0.3) is 11.1 Å². The summed E-state index contributed by atoms with van der Waals surface area (Å²) in [4.78, 5) is 71.7. The van der Waals surface area contributed by atoms with E-state index in [-0.39, 0.29) is 25.5 Å². The van der Waals surface area contributed by atoms with Crippen molar-refractivity contribution in [1.82, 2.24) is 21.3 Å². The maximum absolute atomic E-state index is 12.1. The number of benzene rings is 5. The van der Waals surface area contributed by atoms with Gasteiger partial charge in [0.25, 0.3) is 5.91 Å². The van der Waals surface area contributed by atoms with Gasteiger partial charge in [-0.1, -0.05) is 126 Å². The maximum atomic E-state index is 12.1.